The molecule has 0 amide bonds. The minimum absolute atomic E-state index is 0.0791. The van der Waals surface area contributed by atoms with Crippen molar-refractivity contribution in [3.05, 3.63) is 65.8 Å². The third-order valence-electron chi connectivity index (χ3n) is 3.68. The van der Waals surface area contributed by atoms with Crippen LogP contribution in [0.5, 0.6) is 0 Å². The van der Waals surface area contributed by atoms with Gasteiger partial charge in [0.25, 0.3) is 5.89 Å². The molecule has 140 valence electrons. The number of sulfone groups is 1. The number of hydrogen-bond donors (Lipinski definition) is 0. The Labute approximate surface area is 154 Å². The van der Waals surface area contributed by atoms with Gasteiger partial charge in [-0.15, -0.1) is 10.2 Å². The third kappa shape index (κ3) is 4.37. The molecular weight excluding hydrogens is 375 g/mol. The maximum absolute atomic E-state index is 13.0. The maximum atomic E-state index is 13.0. The number of carbonyl (C=O) groups is 1. The lowest BCUT2D eigenvalue weighted by atomic mass is 10.2. The van der Waals surface area contributed by atoms with Crippen LogP contribution in [-0.2, 0) is 14.6 Å². The molecule has 2 aromatic carbocycles. The first kappa shape index (κ1) is 18.7. The van der Waals surface area contributed by atoms with Crippen molar-refractivity contribution in [2.45, 2.75) is 17.9 Å². The number of aromatic nitrogens is 2. The number of hydrogen-bond acceptors (Lipinski definition) is 7. The molecule has 0 unspecified atom stereocenters. The summed E-state index contributed by atoms with van der Waals surface area (Å²) >= 11 is 0. The van der Waals surface area contributed by atoms with Crippen molar-refractivity contribution >= 4 is 15.8 Å². The molecule has 0 aliphatic heterocycles. The van der Waals surface area contributed by atoms with Gasteiger partial charge >= 0.3 is 5.97 Å². The van der Waals surface area contributed by atoms with Crippen LogP contribution in [0.3, 0.4) is 0 Å². The van der Waals surface area contributed by atoms with E-state index in [1.165, 1.54) is 48.5 Å². The Morgan fingerprint density at radius 3 is 2.30 bits per heavy atom. The van der Waals surface area contributed by atoms with Gasteiger partial charge in [0, 0.05) is 11.8 Å². The fourth-order valence-corrected chi connectivity index (χ4v) is 2.86. The van der Waals surface area contributed by atoms with Crippen molar-refractivity contribution in [3.8, 4) is 11.5 Å². The molecule has 7 nitrogen and oxygen atoms in total. The lowest BCUT2D eigenvalue weighted by Crippen LogP contribution is -2.10. The third-order valence-corrected chi connectivity index (χ3v) is 4.81. The number of esters is 1. The SMILES string of the molecule is C[C@H](OC(=O)c1ccc(S(C)(=O)=O)cc1)c1nnc(-c2ccc(F)cc2)o1. The van der Waals surface area contributed by atoms with Crippen molar-refractivity contribution in [1.29, 1.82) is 0 Å². The van der Waals surface area contributed by atoms with E-state index >= 15 is 0 Å². The molecule has 0 spiro atoms. The van der Waals surface area contributed by atoms with Gasteiger partial charge in [-0.2, -0.15) is 0 Å². The zero-order valence-electron chi connectivity index (χ0n) is 14.4. The van der Waals surface area contributed by atoms with Crippen molar-refractivity contribution in [2.24, 2.45) is 0 Å². The molecule has 0 N–H and O–H groups in total. The second kappa shape index (κ2) is 7.28. The Bertz CT molecular complexity index is 1060. The van der Waals surface area contributed by atoms with E-state index in [0.29, 0.717) is 5.56 Å². The first-order valence-corrected chi connectivity index (χ1v) is 9.73. The van der Waals surface area contributed by atoms with Gasteiger partial charge in [0.1, 0.15) is 5.82 Å². The van der Waals surface area contributed by atoms with Gasteiger partial charge in [-0.25, -0.2) is 17.6 Å². The predicted octanol–water partition coefficient (Wildman–Crippen LogP) is 3.20. The first-order valence-electron chi connectivity index (χ1n) is 7.84. The zero-order chi connectivity index (χ0) is 19.6. The highest BCUT2D eigenvalue weighted by atomic mass is 32.2. The van der Waals surface area contributed by atoms with Gasteiger partial charge in [0.05, 0.1) is 10.5 Å². The summed E-state index contributed by atoms with van der Waals surface area (Å²) in [5.74, 6) is -0.799. The van der Waals surface area contributed by atoms with Crippen LogP contribution < -0.4 is 0 Å². The number of ether oxygens (including phenoxy) is 1. The molecule has 3 rings (SSSR count). The van der Waals surface area contributed by atoms with E-state index in [9.17, 15) is 17.6 Å². The van der Waals surface area contributed by atoms with Crippen LogP contribution in [0.15, 0.2) is 57.8 Å². The van der Waals surface area contributed by atoms with E-state index in [2.05, 4.69) is 10.2 Å². The minimum atomic E-state index is -3.35. The van der Waals surface area contributed by atoms with Gasteiger partial charge in [0.2, 0.25) is 5.89 Å². The molecule has 0 saturated carbocycles. The Kier molecular flexibility index (Phi) is 5.04. The summed E-state index contributed by atoms with van der Waals surface area (Å²) in [5, 5.41) is 7.70. The summed E-state index contributed by atoms with van der Waals surface area (Å²) in [4.78, 5) is 12.3. The van der Waals surface area contributed by atoms with E-state index in [-0.39, 0.29) is 28.1 Å². The monoisotopic (exact) mass is 390 g/mol. The molecule has 27 heavy (non-hydrogen) atoms. The summed E-state index contributed by atoms with van der Waals surface area (Å²) in [7, 11) is -3.35. The Morgan fingerprint density at radius 2 is 1.70 bits per heavy atom. The van der Waals surface area contributed by atoms with Crippen LogP contribution >= 0.6 is 0 Å². The molecule has 0 radical (unpaired) electrons. The average molecular weight is 390 g/mol. The highest BCUT2D eigenvalue weighted by molar-refractivity contribution is 7.90. The summed E-state index contributed by atoms with van der Waals surface area (Å²) in [6.07, 6.45) is 0.255. The number of benzene rings is 2. The fourth-order valence-electron chi connectivity index (χ4n) is 2.23. The van der Waals surface area contributed by atoms with Gasteiger partial charge < -0.3 is 9.15 Å². The van der Waals surface area contributed by atoms with E-state index < -0.39 is 21.9 Å². The van der Waals surface area contributed by atoms with E-state index in [1.807, 2.05) is 0 Å². The standard InChI is InChI=1S/C18H15FN2O5S/c1-11(16-20-21-17(26-16)12-3-7-14(19)8-4-12)25-18(22)13-5-9-15(10-6-13)27(2,23)24/h3-11H,1-2H3/t11-/m0/s1. The lowest BCUT2D eigenvalue weighted by Gasteiger charge is -2.09. The fraction of sp³-hybridized carbons (Fsp3) is 0.167. The topological polar surface area (TPSA) is 99.4 Å². The van der Waals surface area contributed by atoms with Gasteiger partial charge in [-0.05, 0) is 55.5 Å². The second-order valence-electron chi connectivity index (χ2n) is 5.80. The van der Waals surface area contributed by atoms with Crippen LogP contribution in [0.1, 0.15) is 29.3 Å². The van der Waals surface area contributed by atoms with Crippen LogP contribution in [-0.4, -0.2) is 30.8 Å². The van der Waals surface area contributed by atoms with Crippen molar-refractivity contribution in [3.63, 3.8) is 0 Å². The quantitative estimate of drug-likeness (QED) is 0.617. The molecule has 0 fully saturated rings. The van der Waals surface area contributed by atoms with Crippen LogP contribution in [0.25, 0.3) is 11.5 Å². The van der Waals surface area contributed by atoms with Crippen molar-refractivity contribution in [1.82, 2.24) is 10.2 Å². The van der Waals surface area contributed by atoms with E-state index in [0.717, 1.165) is 6.26 Å². The molecule has 3 aromatic rings. The molecule has 1 aromatic heterocycles. The summed E-state index contributed by atoms with van der Waals surface area (Å²) in [6, 6.07) is 10.9. The van der Waals surface area contributed by atoms with E-state index in [1.54, 1.807) is 6.92 Å². The van der Waals surface area contributed by atoms with Gasteiger partial charge in [0.15, 0.2) is 15.9 Å². The van der Waals surface area contributed by atoms with Crippen LogP contribution in [0.4, 0.5) is 4.39 Å². The molecule has 0 aliphatic rings. The maximum Gasteiger partial charge on any atom is 0.338 e. The second-order valence-corrected chi connectivity index (χ2v) is 7.81. The average Bonchev–Trinajstić information content (AvgIpc) is 3.12. The number of halogens is 1. The smallest absolute Gasteiger partial charge is 0.338 e. The van der Waals surface area contributed by atoms with E-state index in [4.69, 9.17) is 9.15 Å². The number of carbonyl (C=O) groups excluding carboxylic acids is 1. The molecule has 1 heterocycles. The molecule has 0 saturated heterocycles. The van der Waals surface area contributed by atoms with Crippen LogP contribution in [0, 0.1) is 5.82 Å². The normalized spacial score (nSPS) is 12.6. The number of rotatable bonds is 5. The summed E-state index contributed by atoms with van der Waals surface area (Å²) in [5.41, 5.74) is 0.720. The zero-order valence-corrected chi connectivity index (χ0v) is 15.2. The molecule has 9 heteroatoms. The minimum Gasteiger partial charge on any atom is -0.449 e. The Balaban J connectivity index is 1.71. The predicted molar refractivity (Wildman–Crippen MR) is 93.1 cm³/mol. The number of nitrogens with zero attached hydrogens (tertiary/aromatic N) is 2. The summed E-state index contributed by atoms with van der Waals surface area (Å²) in [6.45, 7) is 1.56. The molecule has 1 atom stereocenters. The molecule has 0 bridgehead atoms. The summed E-state index contributed by atoms with van der Waals surface area (Å²) < 4.78 is 46.6. The molecule has 0 aliphatic carbocycles. The largest absolute Gasteiger partial charge is 0.449 e. The van der Waals surface area contributed by atoms with Crippen LogP contribution in [0.2, 0.25) is 0 Å². The highest BCUT2D eigenvalue weighted by Gasteiger charge is 2.20. The lowest BCUT2D eigenvalue weighted by molar-refractivity contribution is 0.0279. The molecular formula is C18H15FN2O5S. The van der Waals surface area contributed by atoms with Crippen molar-refractivity contribution < 1.29 is 26.8 Å². The first-order chi connectivity index (χ1) is 12.7. The van der Waals surface area contributed by atoms with Crippen molar-refractivity contribution in [2.75, 3.05) is 6.26 Å². The van der Waals surface area contributed by atoms with Gasteiger partial charge in [-0.1, -0.05) is 0 Å². The Hall–Kier alpha value is -3.07. The van der Waals surface area contributed by atoms with Gasteiger partial charge in [-0.3, -0.25) is 0 Å². The highest BCUT2D eigenvalue weighted by Crippen LogP contribution is 2.23. The Morgan fingerprint density at radius 1 is 1.07 bits per heavy atom.